The first-order chi connectivity index (χ1) is 13.6. The van der Waals surface area contributed by atoms with Gasteiger partial charge in [0.15, 0.2) is 0 Å². The molecule has 0 bridgehead atoms. The molecule has 1 aliphatic heterocycles. The van der Waals surface area contributed by atoms with Crippen molar-refractivity contribution in [1.29, 1.82) is 0 Å². The zero-order valence-corrected chi connectivity index (χ0v) is 16.1. The third kappa shape index (κ3) is 6.09. The number of primary amides is 1. The number of piperidine rings is 1. The van der Waals surface area contributed by atoms with E-state index < -0.39 is 5.91 Å². The van der Waals surface area contributed by atoms with Crippen LogP contribution in [0.25, 0.3) is 0 Å². The van der Waals surface area contributed by atoms with Crippen molar-refractivity contribution in [1.82, 2.24) is 15.5 Å². The van der Waals surface area contributed by atoms with E-state index in [1.807, 2.05) is 12.1 Å². The Kier molecular flexibility index (Phi) is 7.03. The van der Waals surface area contributed by atoms with Crippen LogP contribution in [-0.2, 0) is 13.0 Å². The topological polar surface area (TPSA) is 87.5 Å². The van der Waals surface area contributed by atoms with Gasteiger partial charge in [-0.25, -0.2) is 4.79 Å². The minimum atomic E-state index is -0.439. The molecule has 1 fully saturated rings. The number of nitrogens with one attached hydrogen (secondary N) is 2. The van der Waals surface area contributed by atoms with Crippen molar-refractivity contribution in [3.05, 3.63) is 71.3 Å². The van der Waals surface area contributed by atoms with Crippen LogP contribution in [0.3, 0.4) is 0 Å². The fourth-order valence-corrected chi connectivity index (χ4v) is 3.51. The predicted molar refractivity (Wildman–Crippen MR) is 110 cm³/mol. The second-order valence-corrected chi connectivity index (χ2v) is 7.25. The molecule has 1 heterocycles. The monoisotopic (exact) mass is 380 g/mol. The van der Waals surface area contributed by atoms with Crippen LogP contribution in [0.5, 0.6) is 0 Å². The van der Waals surface area contributed by atoms with Crippen molar-refractivity contribution in [3.63, 3.8) is 0 Å². The van der Waals surface area contributed by atoms with Gasteiger partial charge in [0.25, 0.3) is 0 Å². The molecule has 2 aromatic carbocycles. The average molecular weight is 380 g/mol. The highest BCUT2D eigenvalue weighted by atomic mass is 16.2. The second kappa shape index (κ2) is 9.90. The Morgan fingerprint density at radius 3 is 2.43 bits per heavy atom. The third-order valence-electron chi connectivity index (χ3n) is 5.08. The van der Waals surface area contributed by atoms with Crippen LogP contribution in [0, 0.1) is 0 Å². The Bertz CT molecular complexity index is 786. The maximum absolute atomic E-state index is 12.1. The molecule has 28 heavy (non-hydrogen) atoms. The highest BCUT2D eigenvalue weighted by Gasteiger charge is 2.20. The fourth-order valence-electron chi connectivity index (χ4n) is 3.51. The summed E-state index contributed by atoms with van der Waals surface area (Å²) in [6, 6.07) is 17.7. The molecule has 1 aliphatic rings. The highest BCUT2D eigenvalue weighted by molar-refractivity contribution is 5.92. The van der Waals surface area contributed by atoms with Gasteiger partial charge >= 0.3 is 6.03 Å². The minimum Gasteiger partial charge on any atom is -0.366 e. The number of carbonyl (C=O) groups excluding carboxylic acids is 2. The van der Waals surface area contributed by atoms with E-state index in [1.54, 1.807) is 18.2 Å². The van der Waals surface area contributed by atoms with E-state index in [0.29, 0.717) is 18.5 Å². The number of hydrogen-bond acceptors (Lipinski definition) is 3. The average Bonchev–Trinajstić information content (AvgIpc) is 2.70. The van der Waals surface area contributed by atoms with Crippen LogP contribution >= 0.6 is 0 Å². The maximum atomic E-state index is 12.1. The Labute approximate surface area is 166 Å². The molecule has 0 saturated carbocycles. The Hall–Kier alpha value is -2.86. The fraction of sp³-hybridized carbons (Fsp3) is 0.364. The van der Waals surface area contributed by atoms with Crippen LogP contribution in [0.1, 0.15) is 34.3 Å². The largest absolute Gasteiger partial charge is 0.366 e. The van der Waals surface area contributed by atoms with Crippen LogP contribution < -0.4 is 16.4 Å². The van der Waals surface area contributed by atoms with Crippen LogP contribution in [-0.4, -0.2) is 42.5 Å². The molecule has 0 spiro atoms. The lowest BCUT2D eigenvalue weighted by Gasteiger charge is -2.32. The lowest BCUT2D eigenvalue weighted by Crippen LogP contribution is -2.48. The van der Waals surface area contributed by atoms with Gasteiger partial charge in [-0.15, -0.1) is 0 Å². The van der Waals surface area contributed by atoms with Crippen molar-refractivity contribution in [2.45, 2.75) is 31.8 Å². The quantitative estimate of drug-likeness (QED) is 0.689. The second-order valence-electron chi connectivity index (χ2n) is 7.25. The Morgan fingerprint density at radius 2 is 1.71 bits per heavy atom. The smallest absolute Gasteiger partial charge is 0.315 e. The molecule has 3 amide bonds. The molecular formula is C22H28N4O2. The predicted octanol–water partition coefficient (Wildman–Crippen LogP) is 2.29. The van der Waals surface area contributed by atoms with Crippen molar-refractivity contribution in [2.75, 3.05) is 19.6 Å². The lowest BCUT2D eigenvalue weighted by atomic mass is 10.0. The van der Waals surface area contributed by atoms with Gasteiger partial charge in [-0.2, -0.15) is 0 Å². The molecule has 0 aromatic heterocycles. The molecule has 0 atom stereocenters. The summed E-state index contributed by atoms with van der Waals surface area (Å²) < 4.78 is 0. The number of amides is 3. The summed E-state index contributed by atoms with van der Waals surface area (Å²) in [5, 5.41) is 5.97. The van der Waals surface area contributed by atoms with Gasteiger partial charge in [-0.1, -0.05) is 42.5 Å². The first-order valence-corrected chi connectivity index (χ1v) is 9.79. The first kappa shape index (κ1) is 19.9. The molecule has 4 N–H and O–H groups in total. The molecule has 0 aliphatic carbocycles. The van der Waals surface area contributed by atoms with Crippen molar-refractivity contribution < 1.29 is 9.59 Å². The zero-order chi connectivity index (χ0) is 19.8. The van der Waals surface area contributed by atoms with Crippen molar-refractivity contribution in [2.24, 2.45) is 5.73 Å². The summed E-state index contributed by atoms with van der Waals surface area (Å²) >= 11 is 0. The van der Waals surface area contributed by atoms with E-state index in [0.717, 1.165) is 38.0 Å². The Morgan fingerprint density at radius 1 is 1.00 bits per heavy atom. The number of likely N-dealkylation sites (tertiary alicyclic amines) is 1. The molecule has 2 aromatic rings. The van der Waals surface area contributed by atoms with E-state index in [9.17, 15) is 9.59 Å². The number of carbonyl (C=O) groups is 2. The third-order valence-corrected chi connectivity index (χ3v) is 5.08. The standard InChI is InChI=1S/C22H28N4O2/c23-21(27)19-8-4-7-17(15-19)9-12-24-22(28)25-20-10-13-26(14-11-20)16-18-5-2-1-3-6-18/h1-8,15,20H,9-14,16H2,(H2,23,27)(H2,24,25,28). The van der Waals surface area contributed by atoms with Gasteiger partial charge in [0, 0.05) is 37.8 Å². The molecule has 6 heteroatoms. The number of rotatable bonds is 7. The molecular weight excluding hydrogens is 352 g/mol. The van der Waals surface area contributed by atoms with Gasteiger partial charge in [0.2, 0.25) is 5.91 Å². The van der Waals surface area contributed by atoms with E-state index in [-0.39, 0.29) is 12.1 Å². The summed E-state index contributed by atoms with van der Waals surface area (Å²) in [5.74, 6) is -0.439. The summed E-state index contributed by atoms with van der Waals surface area (Å²) in [5.41, 5.74) is 8.09. The normalized spacial score (nSPS) is 15.1. The van der Waals surface area contributed by atoms with Gasteiger partial charge in [0.05, 0.1) is 0 Å². The van der Waals surface area contributed by atoms with E-state index in [1.165, 1.54) is 5.56 Å². The summed E-state index contributed by atoms with van der Waals surface area (Å²) in [7, 11) is 0. The van der Waals surface area contributed by atoms with Crippen LogP contribution in [0.4, 0.5) is 4.79 Å². The maximum Gasteiger partial charge on any atom is 0.315 e. The summed E-state index contributed by atoms with van der Waals surface area (Å²) in [6.45, 7) is 3.45. The van der Waals surface area contributed by atoms with Gasteiger partial charge in [0.1, 0.15) is 0 Å². The van der Waals surface area contributed by atoms with Gasteiger partial charge in [-0.05, 0) is 42.5 Å². The number of nitrogens with two attached hydrogens (primary N) is 1. The number of urea groups is 1. The summed E-state index contributed by atoms with van der Waals surface area (Å²) in [6.07, 6.45) is 2.58. The molecule has 1 saturated heterocycles. The molecule has 6 nitrogen and oxygen atoms in total. The molecule has 0 unspecified atom stereocenters. The first-order valence-electron chi connectivity index (χ1n) is 9.79. The summed E-state index contributed by atoms with van der Waals surface area (Å²) in [4.78, 5) is 25.8. The minimum absolute atomic E-state index is 0.132. The van der Waals surface area contributed by atoms with Crippen LogP contribution in [0.15, 0.2) is 54.6 Å². The van der Waals surface area contributed by atoms with E-state index in [2.05, 4.69) is 39.8 Å². The SMILES string of the molecule is NC(=O)c1cccc(CCNC(=O)NC2CCN(Cc3ccccc3)CC2)c1. The van der Waals surface area contributed by atoms with Crippen molar-refractivity contribution >= 4 is 11.9 Å². The van der Waals surface area contributed by atoms with Gasteiger partial charge < -0.3 is 16.4 Å². The number of hydrogen-bond donors (Lipinski definition) is 3. The van der Waals surface area contributed by atoms with E-state index in [4.69, 9.17) is 5.73 Å². The van der Waals surface area contributed by atoms with Crippen LogP contribution in [0.2, 0.25) is 0 Å². The molecule has 0 radical (unpaired) electrons. The van der Waals surface area contributed by atoms with E-state index >= 15 is 0 Å². The van der Waals surface area contributed by atoms with Crippen molar-refractivity contribution in [3.8, 4) is 0 Å². The lowest BCUT2D eigenvalue weighted by molar-refractivity contribution is 0.1000. The van der Waals surface area contributed by atoms with Gasteiger partial charge in [-0.3, -0.25) is 9.69 Å². The zero-order valence-electron chi connectivity index (χ0n) is 16.1. The molecule has 3 rings (SSSR count). The number of nitrogens with zero attached hydrogens (tertiary/aromatic N) is 1. The highest BCUT2D eigenvalue weighted by Crippen LogP contribution is 2.13. The molecule has 148 valence electrons. The number of benzene rings is 2. The Balaban J connectivity index is 1.34.